The maximum Gasteiger partial charge on any atom is 0.306 e. The van der Waals surface area contributed by atoms with Gasteiger partial charge in [0.2, 0.25) is 0 Å². The van der Waals surface area contributed by atoms with E-state index in [1.54, 1.807) is 0 Å². The van der Waals surface area contributed by atoms with E-state index in [-0.39, 0.29) is 31.1 Å². The predicted octanol–water partition coefficient (Wildman–Crippen LogP) is 21.3. The fraction of sp³-hybridized carbons (Fsp3) is 0.922. The maximum atomic E-state index is 12.8. The molecular formula is C64H122O6. The van der Waals surface area contributed by atoms with Crippen LogP contribution in [0.25, 0.3) is 0 Å². The van der Waals surface area contributed by atoms with Crippen molar-refractivity contribution in [2.24, 2.45) is 0 Å². The Balaban J connectivity index is 3.84. The lowest BCUT2D eigenvalue weighted by atomic mass is 10.0. The van der Waals surface area contributed by atoms with Crippen LogP contribution in [-0.2, 0) is 28.6 Å². The van der Waals surface area contributed by atoms with Gasteiger partial charge in [-0.1, -0.05) is 309 Å². The Bertz CT molecular complexity index is 1090. The quantitative estimate of drug-likeness (QED) is 0.0261. The van der Waals surface area contributed by atoms with Crippen LogP contribution < -0.4 is 0 Å². The van der Waals surface area contributed by atoms with E-state index in [4.69, 9.17) is 14.2 Å². The van der Waals surface area contributed by atoms with E-state index in [1.165, 1.54) is 257 Å². The number of carbonyl (C=O) groups is 3. The third-order valence-corrected chi connectivity index (χ3v) is 14.5. The number of hydrogen-bond acceptors (Lipinski definition) is 6. The highest BCUT2D eigenvalue weighted by Gasteiger charge is 2.19. The molecule has 0 saturated carbocycles. The molecule has 0 aliphatic carbocycles. The second-order valence-electron chi connectivity index (χ2n) is 21.7. The summed E-state index contributed by atoms with van der Waals surface area (Å²) >= 11 is 0. The lowest BCUT2D eigenvalue weighted by Gasteiger charge is -2.18. The Labute approximate surface area is 437 Å². The van der Waals surface area contributed by atoms with E-state index >= 15 is 0 Å². The molecule has 0 aromatic heterocycles. The highest BCUT2D eigenvalue weighted by molar-refractivity contribution is 5.71. The average Bonchev–Trinajstić information content (AvgIpc) is 3.36. The normalized spacial score (nSPS) is 12.0. The van der Waals surface area contributed by atoms with Gasteiger partial charge in [-0.3, -0.25) is 14.4 Å². The number of esters is 3. The molecule has 0 aliphatic rings. The summed E-state index contributed by atoms with van der Waals surface area (Å²) in [6.07, 6.45) is 70.1. The van der Waals surface area contributed by atoms with E-state index in [0.29, 0.717) is 19.3 Å². The molecule has 0 aromatic rings. The summed E-state index contributed by atoms with van der Waals surface area (Å²) in [6, 6.07) is 0. The van der Waals surface area contributed by atoms with Crippen LogP contribution in [0, 0.1) is 0 Å². The molecule has 0 N–H and O–H groups in total. The van der Waals surface area contributed by atoms with Crippen LogP contribution in [0.3, 0.4) is 0 Å². The molecule has 0 bridgehead atoms. The van der Waals surface area contributed by atoms with Gasteiger partial charge in [0.25, 0.3) is 0 Å². The van der Waals surface area contributed by atoms with Crippen molar-refractivity contribution in [2.45, 2.75) is 367 Å². The summed E-state index contributed by atoms with van der Waals surface area (Å²) in [4.78, 5) is 37.8. The molecule has 1 atom stereocenters. The zero-order valence-corrected chi connectivity index (χ0v) is 47.6. The molecule has 0 aromatic carbocycles. The Kier molecular flexibility index (Phi) is 58.1. The minimum atomic E-state index is -0.760. The molecule has 0 saturated heterocycles. The van der Waals surface area contributed by atoms with E-state index in [9.17, 15) is 14.4 Å². The summed E-state index contributed by atoms with van der Waals surface area (Å²) in [7, 11) is 0. The fourth-order valence-corrected chi connectivity index (χ4v) is 9.74. The fourth-order valence-electron chi connectivity index (χ4n) is 9.74. The van der Waals surface area contributed by atoms with Gasteiger partial charge >= 0.3 is 17.9 Å². The van der Waals surface area contributed by atoms with Crippen LogP contribution in [0.2, 0.25) is 0 Å². The van der Waals surface area contributed by atoms with Gasteiger partial charge in [0.15, 0.2) is 6.10 Å². The molecule has 0 rings (SSSR count). The summed E-state index contributed by atoms with van der Waals surface area (Å²) in [6.45, 7) is 6.61. The van der Waals surface area contributed by atoms with Crippen LogP contribution in [0.4, 0.5) is 0 Å². The summed E-state index contributed by atoms with van der Waals surface area (Å²) in [5, 5.41) is 0. The van der Waals surface area contributed by atoms with Gasteiger partial charge in [-0.2, -0.15) is 0 Å². The summed E-state index contributed by atoms with van der Waals surface area (Å²) < 4.78 is 16.7. The molecule has 6 heteroatoms. The van der Waals surface area contributed by atoms with Gasteiger partial charge in [0.1, 0.15) is 13.2 Å². The largest absolute Gasteiger partial charge is 0.462 e. The van der Waals surface area contributed by atoms with E-state index < -0.39 is 6.10 Å². The Hall–Kier alpha value is -1.85. The summed E-state index contributed by atoms with van der Waals surface area (Å²) in [5.74, 6) is -0.855. The predicted molar refractivity (Wildman–Crippen MR) is 303 cm³/mol. The minimum Gasteiger partial charge on any atom is -0.462 e. The molecule has 414 valence electrons. The monoisotopic (exact) mass is 987 g/mol. The number of hydrogen-bond donors (Lipinski definition) is 0. The lowest BCUT2D eigenvalue weighted by Crippen LogP contribution is -2.30. The van der Waals surface area contributed by atoms with E-state index in [0.717, 1.165) is 64.2 Å². The number of carbonyl (C=O) groups excluding carboxylic acids is 3. The molecule has 0 radical (unpaired) electrons. The molecule has 0 aliphatic heterocycles. The lowest BCUT2D eigenvalue weighted by molar-refractivity contribution is -0.167. The first-order chi connectivity index (χ1) is 34.5. The highest BCUT2D eigenvalue weighted by Crippen LogP contribution is 2.18. The van der Waals surface area contributed by atoms with Crippen LogP contribution in [-0.4, -0.2) is 37.2 Å². The second kappa shape index (κ2) is 59.7. The molecule has 0 amide bonds. The standard InChI is InChI=1S/C64H122O6/c1-4-7-10-13-15-17-19-21-23-24-25-26-27-28-29-30-31-32-33-34-35-36-37-38-39-40-41-43-44-46-48-51-54-57-63(66)69-60-61(59-68-62(65)56-53-50-12-9-6-3)70-64(67)58-55-52-49-47-45-42-22-20-18-16-14-11-8-5-2/h24-25,61H,4-23,26-60H2,1-3H3/b25-24-. The SMILES string of the molecule is CCCCCCCCCC/C=C\CCCCCCCCCCCCCCCCCCCCCCCC(=O)OCC(COC(=O)CCCCCCC)OC(=O)CCCCCCCCCCCCCCCC. The number of rotatable bonds is 59. The van der Waals surface area contributed by atoms with Crippen LogP contribution >= 0.6 is 0 Å². The number of allylic oxidation sites excluding steroid dienone is 2. The van der Waals surface area contributed by atoms with Gasteiger partial charge < -0.3 is 14.2 Å². The van der Waals surface area contributed by atoms with Crippen molar-refractivity contribution in [3.63, 3.8) is 0 Å². The van der Waals surface area contributed by atoms with E-state index in [1.807, 2.05) is 0 Å². The van der Waals surface area contributed by atoms with Crippen molar-refractivity contribution in [1.29, 1.82) is 0 Å². The van der Waals surface area contributed by atoms with Crippen molar-refractivity contribution >= 4 is 17.9 Å². The van der Waals surface area contributed by atoms with Gasteiger partial charge in [0.05, 0.1) is 0 Å². The third kappa shape index (κ3) is 57.1. The second-order valence-corrected chi connectivity index (χ2v) is 21.7. The topological polar surface area (TPSA) is 78.9 Å². The van der Waals surface area contributed by atoms with Crippen molar-refractivity contribution in [1.82, 2.24) is 0 Å². The molecule has 1 unspecified atom stereocenters. The zero-order valence-electron chi connectivity index (χ0n) is 47.6. The first-order valence-electron chi connectivity index (χ1n) is 31.7. The average molecular weight is 988 g/mol. The maximum absolute atomic E-state index is 12.8. The molecule has 0 heterocycles. The summed E-state index contributed by atoms with van der Waals surface area (Å²) in [5.41, 5.74) is 0. The molecule has 0 fully saturated rings. The highest BCUT2D eigenvalue weighted by atomic mass is 16.6. The Morgan fingerprint density at radius 3 is 0.714 bits per heavy atom. The van der Waals surface area contributed by atoms with Crippen molar-refractivity contribution in [3.8, 4) is 0 Å². The number of unbranched alkanes of at least 4 members (excludes halogenated alkanes) is 46. The van der Waals surface area contributed by atoms with Crippen molar-refractivity contribution in [3.05, 3.63) is 12.2 Å². The zero-order chi connectivity index (χ0) is 50.7. The Morgan fingerprint density at radius 1 is 0.271 bits per heavy atom. The van der Waals surface area contributed by atoms with E-state index in [2.05, 4.69) is 32.9 Å². The first-order valence-corrected chi connectivity index (χ1v) is 31.7. The Morgan fingerprint density at radius 2 is 0.471 bits per heavy atom. The molecule has 0 spiro atoms. The number of ether oxygens (including phenoxy) is 3. The molecule has 6 nitrogen and oxygen atoms in total. The first kappa shape index (κ1) is 68.2. The van der Waals surface area contributed by atoms with Gasteiger partial charge in [0, 0.05) is 19.3 Å². The molecule has 70 heavy (non-hydrogen) atoms. The van der Waals surface area contributed by atoms with Crippen molar-refractivity contribution < 1.29 is 28.6 Å². The van der Waals surface area contributed by atoms with Crippen molar-refractivity contribution in [2.75, 3.05) is 13.2 Å². The minimum absolute atomic E-state index is 0.0641. The van der Waals surface area contributed by atoms with Crippen LogP contribution in [0.1, 0.15) is 361 Å². The smallest absolute Gasteiger partial charge is 0.306 e. The van der Waals surface area contributed by atoms with Gasteiger partial charge in [-0.25, -0.2) is 0 Å². The van der Waals surface area contributed by atoms with Gasteiger partial charge in [-0.05, 0) is 44.9 Å². The molecular weight excluding hydrogens is 865 g/mol. The van der Waals surface area contributed by atoms with Crippen LogP contribution in [0.5, 0.6) is 0 Å². The van der Waals surface area contributed by atoms with Gasteiger partial charge in [-0.15, -0.1) is 0 Å². The third-order valence-electron chi connectivity index (χ3n) is 14.5. The van der Waals surface area contributed by atoms with Crippen LogP contribution in [0.15, 0.2) is 12.2 Å².